The zero-order valence-electron chi connectivity index (χ0n) is 7.54. The first-order valence-electron chi connectivity index (χ1n) is 4.20. The van der Waals surface area contributed by atoms with E-state index >= 15 is 0 Å². The molecule has 13 heavy (non-hydrogen) atoms. The standard InChI is InChI=1S/C8H13NO2S2/c1-6(10)8-5-13-12-3-2-7(11)4-9-8/h8-9H,2-5H2,1H3/t8-/m0/s1. The molecule has 0 aromatic carbocycles. The van der Waals surface area contributed by atoms with E-state index in [0.29, 0.717) is 13.0 Å². The third-order valence-electron chi connectivity index (χ3n) is 1.82. The number of nitrogens with one attached hydrogen (secondary N) is 1. The number of rotatable bonds is 1. The lowest BCUT2D eigenvalue weighted by Crippen LogP contribution is -2.40. The molecule has 1 heterocycles. The zero-order chi connectivity index (χ0) is 9.68. The second kappa shape index (κ2) is 5.67. The largest absolute Gasteiger partial charge is 0.300 e. The molecule has 1 N–H and O–H groups in total. The third-order valence-corrected chi connectivity index (χ3v) is 4.23. The maximum atomic E-state index is 11.2. The van der Waals surface area contributed by atoms with Crippen molar-refractivity contribution in [2.75, 3.05) is 18.1 Å². The first-order valence-corrected chi connectivity index (χ1v) is 6.69. The fourth-order valence-corrected chi connectivity index (χ4v) is 3.29. The van der Waals surface area contributed by atoms with Crippen LogP contribution in [-0.4, -0.2) is 35.7 Å². The second-order valence-electron chi connectivity index (χ2n) is 2.94. The van der Waals surface area contributed by atoms with Crippen LogP contribution in [0.1, 0.15) is 13.3 Å². The molecule has 3 nitrogen and oxygen atoms in total. The van der Waals surface area contributed by atoms with E-state index in [2.05, 4.69) is 5.32 Å². The summed E-state index contributed by atoms with van der Waals surface area (Å²) in [5.74, 6) is 1.92. The molecule has 74 valence electrons. The molecular weight excluding hydrogens is 206 g/mol. The molecule has 1 saturated heterocycles. The van der Waals surface area contributed by atoms with E-state index in [9.17, 15) is 9.59 Å². The SMILES string of the molecule is CC(=O)[C@@H]1CSSCCC(=O)CN1. The van der Waals surface area contributed by atoms with Gasteiger partial charge >= 0.3 is 0 Å². The van der Waals surface area contributed by atoms with E-state index in [-0.39, 0.29) is 17.6 Å². The minimum Gasteiger partial charge on any atom is -0.300 e. The molecule has 0 amide bonds. The van der Waals surface area contributed by atoms with Crippen LogP contribution in [0.4, 0.5) is 0 Å². The Labute approximate surface area is 85.8 Å². The molecule has 0 aromatic rings. The quantitative estimate of drug-likeness (QED) is 0.664. The summed E-state index contributed by atoms with van der Waals surface area (Å²) in [6, 6.07) is -0.153. The first kappa shape index (κ1) is 11.1. The minimum atomic E-state index is -0.153. The molecule has 5 heteroatoms. The highest BCUT2D eigenvalue weighted by Gasteiger charge is 2.16. The molecule has 1 aliphatic rings. The van der Waals surface area contributed by atoms with Gasteiger partial charge in [-0.15, -0.1) is 0 Å². The predicted molar refractivity (Wildman–Crippen MR) is 57.0 cm³/mol. The first-order chi connectivity index (χ1) is 6.20. The average Bonchev–Trinajstić information content (AvgIpc) is 2.17. The van der Waals surface area contributed by atoms with E-state index in [1.807, 2.05) is 0 Å². The zero-order valence-corrected chi connectivity index (χ0v) is 9.17. The maximum absolute atomic E-state index is 11.2. The lowest BCUT2D eigenvalue weighted by molar-refractivity contribution is -0.119. The van der Waals surface area contributed by atoms with Crippen molar-refractivity contribution >= 4 is 33.2 Å². The van der Waals surface area contributed by atoms with Gasteiger partial charge in [-0.1, -0.05) is 21.6 Å². The minimum absolute atomic E-state index is 0.114. The number of carbonyl (C=O) groups excluding carboxylic acids is 2. The Morgan fingerprint density at radius 3 is 3.00 bits per heavy atom. The second-order valence-corrected chi connectivity index (χ2v) is 5.57. The summed E-state index contributed by atoms with van der Waals surface area (Å²) in [6.07, 6.45) is 0.606. The molecule has 0 aromatic heterocycles. The summed E-state index contributed by atoms with van der Waals surface area (Å²) in [5, 5.41) is 2.98. The van der Waals surface area contributed by atoms with Crippen molar-refractivity contribution in [1.29, 1.82) is 0 Å². The Bertz CT molecular complexity index is 208. The van der Waals surface area contributed by atoms with Crippen LogP contribution >= 0.6 is 21.6 Å². The molecule has 0 unspecified atom stereocenters. The van der Waals surface area contributed by atoms with Gasteiger partial charge < -0.3 is 0 Å². The molecular formula is C8H13NO2S2. The molecule has 1 aliphatic heterocycles. The van der Waals surface area contributed by atoms with Crippen LogP contribution in [0.3, 0.4) is 0 Å². The molecule has 0 spiro atoms. The number of Topliss-reactive ketones (excluding diaryl/α,β-unsaturated/α-hetero) is 2. The number of ketones is 2. The Morgan fingerprint density at radius 1 is 1.54 bits per heavy atom. The summed E-state index contributed by atoms with van der Waals surface area (Å²) in [7, 11) is 3.33. The van der Waals surface area contributed by atoms with Crippen LogP contribution in [0.2, 0.25) is 0 Å². The number of hydrogen-bond acceptors (Lipinski definition) is 5. The van der Waals surface area contributed by atoms with Crippen LogP contribution in [-0.2, 0) is 9.59 Å². The maximum Gasteiger partial charge on any atom is 0.147 e. The highest BCUT2D eigenvalue weighted by atomic mass is 33.1. The Hall–Kier alpha value is -0.0000000000000000763. The van der Waals surface area contributed by atoms with E-state index < -0.39 is 0 Å². The third kappa shape index (κ3) is 4.15. The van der Waals surface area contributed by atoms with Gasteiger partial charge in [0.1, 0.15) is 11.6 Å². The van der Waals surface area contributed by atoms with E-state index in [4.69, 9.17) is 0 Å². The van der Waals surface area contributed by atoms with Gasteiger partial charge in [-0.05, 0) is 6.92 Å². The highest BCUT2D eigenvalue weighted by Crippen LogP contribution is 2.23. The number of hydrogen-bond donors (Lipinski definition) is 1. The van der Waals surface area contributed by atoms with Gasteiger partial charge in [0.25, 0.3) is 0 Å². The Morgan fingerprint density at radius 2 is 2.31 bits per heavy atom. The Kier molecular flexibility index (Phi) is 4.83. The summed E-state index contributed by atoms with van der Waals surface area (Å²) < 4.78 is 0. The molecule has 1 atom stereocenters. The summed E-state index contributed by atoms with van der Waals surface area (Å²) in [4.78, 5) is 22.2. The lowest BCUT2D eigenvalue weighted by atomic mass is 10.2. The van der Waals surface area contributed by atoms with Crippen molar-refractivity contribution in [3.63, 3.8) is 0 Å². The normalized spacial score (nSPS) is 25.9. The van der Waals surface area contributed by atoms with Crippen molar-refractivity contribution in [3.8, 4) is 0 Å². The van der Waals surface area contributed by atoms with Gasteiger partial charge in [0.2, 0.25) is 0 Å². The van der Waals surface area contributed by atoms with Gasteiger partial charge in [-0.3, -0.25) is 14.9 Å². The average molecular weight is 219 g/mol. The van der Waals surface area contributed by atoms with Gasteiger partial charge in [0.15, 0.2) is 0 Å². The summed E-state index contributed by atoms with van der Waals surface area (Å²) >= 11 is 0. The smallest absolute Gasteiger partial charge is 0.147 e. The van der Waals surface area contributed by atoms with Crippen LogP contribution < -0.4 is 5.32 Å². The van der Waals surface area contributed by atoms with Gasteiger partial charge in [-0.2, -0.15) is 0 Å². The number of carbonyl (C=O) groups is 2. The van der Waals surface area contributed by atoms with Crippen molar-refractivity contribution in [3.05, 3.63) is 0 Å². The molecule has 0 bridgehead atoms. The molecule has 1 fully saturated rings. The van der Waals surface area contributed by atoms with E-state index in [0.717, 1.165) is 11.5 Å². The van der Waals surface area contributed by atoms with Gasteiger partial charge in [0.05, 0.1) is 12.6 Å². The van der Waals surface area contributed by atoms with Crippen LogP contribution in [0, 0.1) is 0 Å². The summed E-state index contributed by atoms with van der Waals surface area (Å²) in [5.41, 5.74) is 0. The molecule has 0 radical (unpaired) electrons. The van der Waals surface area contributed by atoms with Crippen molar-refractivity contribution in [1.82, 2.24) is 5.32 Å². The van der Waals surface area contributed by atoms with Crippen molar-refractivity contribution < 1.29 is 9.59 Å². The van der Waals surface area contributed by atoms with Crippen molar-refractivity contribution in [2.45, 2.75) is 19.4 Å². The highest BCUT2D eigenvalue weighted by molar-refractivity contribution is 8.76. The van der Waals surface area contributed by atoms with Crippen LogP contribution in [0.15, 0.2) is 0 Å². The topological polar surface area (TPSA) is 46.2 Å². The Balaban J connectivity index is 2.46. The molecule has 0 saturated carbocycles. The van der Waals surface area contributed by atoms with E-state index in [1.165, 1.54) is 0 Å². The molecule has 1 rings (SSSR count). The van der Waals surface area contributed by atoms with Gasteiger partial charge in [-0.25, -0.2) is 0 Å². The monoisotopic (exact) mass is 219 g/mol. The fourth-order valence-electron chi connectivity index (χ4n) is 0.976. The van der Waals surface area contributed by atoms with E-state index in [1.54, 1.807) is 28.5 Å². The lowest BCUT2D eigenvalue weighted by Gasteiger charge is -2.12. The van der Waals surface area contributed by atoms with Crippen LogP contribution in [0.25, 0.3) is 0 Å². The van der Waals surface area contributed by atoms with Crippen molar-refractivity contribution in [2.24, 2.45) is 0 Å². The summed E-state index contributed by atoms with van der Waals surface area (Å²) in [6.45, 7) is 1.90. The van der Waals surface area contributed by atoms with Gasteiger partial charge in [0, 0.05) is 17.9 Å². The fraction of sp³-hybridized carbons (Fsp3) is 0.750. The van der Waals surface area contributed by atoms with Crippen LogP contribution in [0.5, 0.6) is 0 Å². The molecule has 0 aliphatic carbocycles. The predicted octanol–water partition coefficient (Wildman–Crippen LogP) is 0.888.